The second kappa shape index (κ2) is 3.15. The highest BCUT2D eigenvalue weighted by atomic mass is 16.3. The standard InChI is InChI=1S/C6H14N2O/c7-8-6(4-9)3-5-1-2-5/h5-6,8-9H,1-4,7H2. The van der Waals surface area contributed by atoms with Crippen molar-refractivity contribution in [2.75, 3.05) is 6.61 Å². The molecule has 0 aromatic heterocycles. The van der Waals surface area contributed by atoms with Gasteiger partial charge in [0.15, 0.2) is 0 Å². The Morgan fingerprint density at radius 2 is 2.33 bits per heavy atom. The minimum Gasteiger partial charge on any atom is -0.395 e. The van der Waals surface area contributed by atoms with Crippen LogP contribution in [0.3, 0.4) is 0 Å². The molecule has 0 aromatic rings. The number of nitrogens with one attached hydrogen (secondary N) is 1. The third kappa shape index (κ3) is 2.30. The van der Waals surface area contributed by atoms with Gasteiger partial charge in [-0.1, -0.05) is 12.8 Å². The van der Waals surface area contributed by atoms with Crippen molar-refractivity contribution in [3.63, 3.8) is 0 Å². The molecule has 3 nitrogen and oxygen atoms in total. The van der Waals surface area contributed by atoms with Crippen LogP contribution in [0.25, 0.3) is 0 Å². The van der Waals surface area contributed by atoms with Crippen molar-refractivity contribution in [1.82, 2.24) is 5.43 Å². The Morgan fingerprint density at radius 1 is 1.67 bits per heavy atom. The van der Waals surface area contributed by atoms with E-state index < -0.39 is 0 Å². The van der Waals surface area contributed by atoms with E-state index in [1.165, 1.54) is 12.8 Å². The lowest BCUT2D eigenvalue weighted by Gasteiger charge is -2.10. The third-order valence-electron chi connectivity index (χ3n) is 1.77. The number of aliphatic hydroxyl groups excluding tert-OH is 1. The second-order valence-corrected chi connectivity index (χ2v) is 2.73. The van der Waals surface area contributed by atoms with Gasteiger partial charge in [0.05, 0.1) is 6.61 Å². The minimum absolute atomic E-state index is 0.123. The largest absolute Gasteiger partial charge is 0.395 e. The van der Waals surface area contributed by atoms with E-state index in [1.807, 2.05) is 0 Å². The van der Waals surface area contributed by atoms with Crippen LogP contribution in [0, 0.1) is 5.92 Å². The zero-order chi connectivity index (χ0) is 6.69. The van der Waals surface area contributed by atoms with Gasteiger partial charge in [0, 0.05) is 6.04 Å². The van der Waals surface area contributed by atoms with Crippen LogP contribution in [0.15, 0.2) is 0 Å². The Hall–Kier alpha value is -0.120. The van der Waals surface area contributed by atoms with Crippen molar-refractivity contribution in [2.45, 2.75) is 25.3 Å². The molecule has 0 aromatic carbocycles. The van der Waals surface area contributed by atoms with E-state index in [1.54, 1.807) is 0 Å². The second-order valence-electron chi connectivity index (χ2n) is 2.73. The maximum Gasteiger partial charge on any atom is 0.0598 e. The van der Waals surface area contributed by atoms with Gasteiger partial charge >= 0.3 is 0 Å². The molecule has 1 rings (SSSR count). The van der Waals surface area contributed by atoms with Crippen molar-refractivity contribution in [3.8, 4) is 0 Å². The minimum atomic E-state index is 0.123. The van der Waals surface area contributed by atoms with Gasteiger partial charge in [0.2, 0.25) is 0 Å². The molecule has 1 saturated carbocycles. The molecule has 1 unspecified atom stereocenters. The smallest absolute Gasteiger partial charge is 0.0598 e. The van der Waals surface area contributed by atoms with Crippen LogP contribution in [-0.4, -0.2) is 17.8 Å². The van der Waals surface area contributed by atoms with Gasteiger partial charge in [-0.15, -0.1) is 0 Å². The predicted octanol–water partition coefficient (Wildman–Crippen LogP) is -0.389. The fourth-order valence-electron chi connectivity index (χ4n) is 0.951. The highest BCUT2D eigenvalue weighted by molar-refractivity contribution is 4.78. The number of hydrogen-bond donors (Lipinski definition) is 3. The van der Waals surface area contributed by atoms with Gasteiger partial charge in [0.25, 0.3) is 0 Å². The predicted molar refractivity (Wildman–Crippen MR) is 35.5 cm³/mol. The van der Waals surface area contributed by atoms with E-state index in [4.69, 9.17) is 10.9 Å². The van der Waals surface area contributed by atoms with Crippen LogP contribution < -0.4 is 11.3 Å². The number of rotatable bonds is 4. The van der Waals surface area contributed by atoms with Crippen LogP contribution in [-0.2, 0) is 0 Å². The molecule has 0 radical (unpaired) electrons. The van der Waals surface area contributed by atoms with Crippen molar-refractivity contribution < 1.29 is 5.11 Å². The van der Waals surface area contributed by atoms with Gasteiger partial charge in [0.1, 0.15) is 0 Å². The van der Waals surface area contributed by atoms with E-state index in [0.29, 0.717) is 0 Å². The average molecular weight is 130 g/mol. The number of hydrogen-bond acceptors (Lipinski definition) is 3. The SMILES string of the molecule is NNC(CO)CC1CC1. The molecule has 0 aliphatic heterocycles. The quantitative estimate of drug-likeness (QED) is 0.359. The summed E-state index contributed by atoms with van der Waals surface area (Å²) in [6, 6.07) is 0.123. The molecular weight excluding hydrogens is 116 g/mol. The fraction of sp³-hybridized carbons (Fsp3) is 1.00. The Kier molecular flexibility index (Phi) is 2.45. The summed E-state index contributed by atoms with van der Waals surface area (Å²) in [7, 11) is 0. The lowest BCUT2D eigenvalue weighted by atomic mass is 10.1. The molecule has 1 aliphatic rings. The summed E-state index contributed by atoms with van der Waals surface area (Å²) in [5.74, 6) is 5.98. The van der Waals surface area contributed by atoms with Crippen LogP contribution in [0.4, 0.5) is 0 Å². The summed E-state index contributed by atoms with van der Waals surface area (Å²) >= 11 is 0. The third-order valence-corrected chi connectivity index (χ3v) is 1.77. The van der Waals surface area contributed by atoms with Crippen molar-refractivity contribution in [3.05, 3.63) is 0 Å². The van der Waals surface area contributed by atoms with Crippen LogP contribution >= 0.6 is 0 Å². The number of aliphatic hydroxyl groups is 1. The molecule has 0 saturated heterocycles. The van der Waals surface area contributed by atoms with Gasteiger partial charge in [-0.2, -0.15) is 0 Å². The normalized spacial score (nSPS) is 22.0. The highest BCUT2D eigenvalue weighted by Crippen LogP contribution is 2.33. The molecule has 3 heteroatoms. The maximum atomic E-state index is 8.66. The summed E-state index contributed by atoms with van der Waals surface area (Å²) in [5, 5.41) is 8.66. The van der Waals surface area contributed by atoms with E-state index in [0.717, 1.165) is 12.3 Å². The molecular formula is C6H14N2O. The summed E-state index contributed by atoms with van der Waals surface area (Å²) in [4.78, 5) is 0. The molecule has 4 N–H and O–H groups in total. The van der Waals surface area contributed by atoms with E-state index >= 15 is 0 Å². The summed E-state index contributed by atoms with van der Waals surface area (Å²) < 4.78 is 0. The first kappa shape index (κ1) is 6.99. The van der Waals surface area contributed by atoms with Crippen molar-refractivity contribution >= 4 is 0 Å². The zero-order valence-corrected chi connectivity index (χ0v) is 5.51. The zero-order valence-electron chi connectivity index (χ0n) is 5.51. The summed E-state index contributed by atoms with van der Waals surface area (Å²) in [5.41, 5.74) is 2.57. The molecule has 1 atom stereocenters. The lowest BCUT2D eigenvalue weighted by molar-refractivity contribution is 0.232. The highest BCUT2D eigenvalue weighted by Gasteiger charge is 2.24. The van der Waals surface area contributed by atoms with E-state index in [2.05, 4.69) is 5.43 Å². The summed E-state index contributed by atoms with van der Waals surface area (Å²) in [6.07, 6.45) is 3.67. The maximum absolute atomic E-state index is 8.66. The monoisotopic (exact) mass is 130 g/mol. The van der Waals surface area contributed by atoms with Gasteiger partial charge in [-0.25, -0.2) is 0 Å². The molecule has 9 heavy (non-hydrogen) atoms. The number of nitrogens with two attached hydrogens (primary N) is 1. The van der Waals surface area contributed by atoms with Gasteiger partial charge < -0.3 is 5.11 Å². The Morgan fingerprint density at radius 3 is 2.67 bits per heavy atom. The Balaban J connectivity index is 2.05. The molecule has 0 bridgehead atoms. The topological polar surface area (TPSA) is 58.3 Å². The Labute approximate surface area is 55.2 Å². The number of hydrazine groups is 1. The van der Waals surface area contributed by atoms with Crippen LogP contribution in [0.5, 0.6) is 0 Å². The van der Waals surface area contributed by atoms with E-state index in [9.17, 15) is 0 Å². The lowest BCUT2D eigenvalue weighted by Crippen LogP contribution is -2.38. The first-order valence-electron chi connectivity index (χ1n) is 3.43. The van der Waals surface area contributed by atoms with Crippen LogP contribution in [0.1, 0.15) is 19.3 Å². The molecule has 1 aliphatic carbocycles. The van der Waals surface area contributed by atoms with Crippen molar-refractivity contribution in [2.24, 2.45) is 11.8 Å². The fourth-order valence-corrected chi connectivity index (χ4v) is 0.951. The molecule has 0 amide bonds. The van der Waals surface area contributed by atoms with E-state index in [-0.39, 0.29) is 12.6 Å². The molecule has 0 heterocycles. The first-order chi connectivity index (χ1) is 4.36. The first-order valence-corrected chi connectivity index (χ1v) is 3.43. The average Bonchev–Trinajstić information content (AvgIpc) is 2.66. The van der Waals surface area contributed by atoms with Crippen molar-refractivity contribution in [1.29, 1.82) is 0 Å². The summed E-state index contributed by atoms with van der Waals surface area (Å²) in [6.45, 7) is 0.160. The molecule has 1 fully saturated rings. The van der Waals surface area contributed by atoms with Gasteiger partial charge in [-0.3, -0.25) is 11.3 Å². The Bertz CT molecular complexity index is 79.1. The van der Waals surface area contributed by atoms with Crippen LogP contribution in [0.2, 0.25) is 0 Å². The molecule has 54 valence electrons. The molecule has 0 spiro atoms. The van der Waals surface area contributed by atoms with Gasteiger partial charge in [-0.05, 0) is 12.3 Å².